The lowest BCUT2D eigenvalue weighted by Crippen LogP contribution is -2.36. The molecule has 0 bridgehead atoms. The molecule has 0 radical (unpaired) electrons. The molecule has 2 aromatic carbocycles. The Hall–Kier alpha value is -3.48. The van der Waals surface area contributed by atoms with Gasteiger partial charge in [0, 0.05) is 41.9 Å². The number of halogens is 1. The molecule has 1 N–H and O–H groups in total. The molecule has 1 aliphatic heterocycles. The number of fused-ring (bicyclic) bond motifs is 1. The van der Waals surface area contributed by atoms with E-state index in [0.29, 0.717) is 30.8 Å². The van der Waals surface area contributed by atoms with Crippen LogP contribution in [0.5, 0.6) is 0 Å². The third-order valence-corrected chi connectivity index (χ3v) is 4.84. The third kappa shape index (κ3) is 3.38. The minimum atomic E-state index is -0.963. The van der Waals surface area contributed by atoms with E-state index in [2.05, 4.69) is 5.10 Å². The number of carboxylic acids is 1. The molecule has 7 heteroatoms. The summed E-state index contributed by atoms with van der Waals surface area (Å²) in [6.45, 7) is 0.555. The molecule has 0 unspecified atom stereocenters. The lowest BCUT2D eigenvalue weighted by molar-refractivity contribution is -0.137. The Balaban J connectivity index is 1.70. The van der Waals surface area contributed by atoms with E-state index in [1.807, 2.05) is 30.3 Å². The lowest BCUT2D eigenvalue weighted by Gasteiger charge is -2.28. The second kappa shape index (κ2) is 7.26. The fourth-order valence-corrected chi connectivity index (χ4v) is 3.53. The molecule has 0 saturated carbocycles. The Bertz CT molecular complexity index is 1030. The summed E-state index contributed by atoms with van der Waals surface area (Å²) in [6, 6.07) is 15.0. The molecule has 6 nitrogen and oxygen atoms in total. The van der Waals surface area contributed by atoms with Gasteiger partial charge in [0.05, 0.1) is 5.69 Å². The first-order chi connectivity index (χ1) is 13.5. The molecular formula is C21H18FN3O3. The van der Waals surface area contributed by atoms with Crippen molar-refractivity contribution in [2.24, 2.45) is 0 Å². The summed E-state index contributed by atoms with van der Waals surface area (Å²) in [6.07, 6.45) is 0.509. The summed E-state index contributed by atoms with van der Waals surface area (Å²) < 4.78 is 14.7. The van der Waals surface area contributed by atoms with Gasteiger partial charge in [-0.3, -0.25) is 14.3 Å². The summed E-state index contributed by atoms with van der Waals surface area (Å²) in [7, 11) is 0. The van der Waals surface area contributed by atoms with Crippen LogP contribution in [-0.2, 0) is 24.3 Å². The van der Waals surface area contributed by atoms with Gasteiger partial charge in [0.25, 0.3) is 5.91 Å². The van der Waals surface area contributed by atoms with Crippen molar-refractivity contribution in [1.82, 2.24) is 14.7 Å². The molecule has 2 heterocycles. The highest BCUT2D eigenvalue weighted by atomic mass is 19.1. The number of carboxylic acid groups (broad SMARTS) is 1. The SMILES string of the molecule is O=C(O)Cn1nc(-c2ccccc2)c2c1CCN(C(=O)c1ccc(F)cc1)C2. The third-order valence-electron chi connectivity index (χ3n) is 4.84. The number of carbonyl (C=O) groups is 2. The highest BCUT2D eigenvalue weighted by Crippen LogP contribution is 2.30. The van der Waals surface area contributed by atoms with Crippen LogP contribution in [0.3, 0.4) is 0 Å². The minimum absolute atomic E-state index is 0.185. The van der Waals surface area contributed by atoms with E-state index in [1.165, 1.54) is 28.9 Å². The van der Waals surface area contributed by atoms with Crippen molar-refractivity contribution in [3.05, 3.63) is 77.2 Å². The van der Waals surface area contributed by atoms with E-state index >= 15 is 0 Å². The number of hydrogen-bond donors (Lipinski definition) is 1. The van der Waals surface area contributed by atoms with Gasteiger partial charge in [-0.1, -0.05) is 30.3 Å². The van der Waals surface area contributed by atoms with Gasteiger partial charge < -0.3 is 10.0 Å². The van der Waals surface area contributed by atoms with Crippen molar-refractivity contribution in [3.8, 4) is 11.3 Å². The van der Waals surface area contributed by atoms with E-state index in [9.17, 15) is 19.1 Å². The first-order valence-corrected chi connectivity index (χ1v) is 8.93. The monoisotopic (exact) mass is 379 g/mol. The van der Waals surface area contributed by atoms with Gasteiger partial charge in [-0.05, 0) is 24.3 Å². The van der Waals surface area contributed by atoms with Crippen molar-refractivity contribution in [2.75, 3.05) is 6.54 Å². The van der Waals surface area contributed by atoms with E-state index in [4.69, 9.17) is 0 Å². The molecule has 1 aromatic heterocycles. The van der Waals surface area contributed by atoms with Crippen LogP contribution in [0.4, 0.5) is 4.39 Å². The van der Waals surface area contributed by atoms with Crippen molar-refractivity contribution < 1.29 is 19.1 Å². The van der Waals surface area contributed by atoms with E-state index in [-0.39, 0.29) is 12.5 Å². The van der Waals surface area contributed by atoms with Crippen LogP contribution in [-0.4, -0.2) is 38.2 Å². The number of rotatable bonds is 4. The lowest BCUT2D eigenvalue weighted by atomic mass is 10.00. The highest BCUT2D eigenvalue weighted by molar-refractivity contribution is 5.94. The molecular weight excluding hydrogens is 361 g/mol. The van der Waals surface area contributed by atoms with Crippen LogP contribution in [0.15, 0.2) is 54.6 Å². The predicted octanol–water partition coefficient (Wildman–Crippen LogP) is 2.97. The van der Waals surface area contributed by atoms with Gasteiger partial charge in [-0.15, -0.1) is 0 Å². The summed E-state index contributed by atoms with van der Waals surface area (Å²) in [4.78, 5) is 25.8. The zero-order valence-electron chi connectivity index (χ0n) is 15.0. The van der Waals surface area contributed by atoms with Crippen molar-refractivity contribution >= 4 is 11.9 Å². The molecule has 0 aliphatic carbocycles. The maximum absolute atomic E-state index is 13.2. The molecule has 142 valence electrons. The number of aliphatic carboxylic acids is 1. The van der Waals surface area contributed by atoms with Crippen molar-refractivity contribution in [2.45, 2.75) is 19.5 Å². The van der Waals surface area contributed by atoms with Crippen molar-refractivity contribution in [3.63, 3.8) is 0 Å². The molecule has 1 aliphatic rings. The smallest absolute Gasteiger partial charge is 0.325 e. The van der Waals surface area contributed by atoms with Crippen LogP contribution in [0.1, 0.15) is 21.6 Å². The van der Waals surface area contributed by atoms with Gasteiger partial charge in [-0.25, -0.2) is 4.39 Å². The molecule has 0 saturated heterocycles. The number of hydrogen-bond acceptors (Lipinski definition) is 3. The largest absolute Gasteiger partial charge is 0.480 e. The first-order valence-electron chi connectivity index (χ1n) is 8.93. The highest BCUT2D eigenvalue weighted by Gasteiger charge is 2.29. The number of benzene rings is 2. The van der Waals surface area contributed by atoms with Crippen LogP contribution < -0.4 is 0 Å². The van der Waals surface area contributed by atoms with Gasteiger partial charge in [-0.2, -0.15) is 5.10 Å². The summed E-state index contributed by atoms with van der Waals surface area (Å²) >= 11 is 0. The zero-order valence-corrected chi connectivity index (χ0v) is 15.0. The number of aromatic nitrogens is 2. The minimum Gasteiger partial charge on any atom is -0.480 e. The zero-order chi connectivity index (χ0) is 19.7. The topological polar surface area (TPSA) is 75.4 Å². The first kappa shape index (κ1) is 17.9. The Kier molecular flexibility index (Phi) is 4.65. The van der Waals surface area contributed by atoms with Gasteiger partial charge in [0.1, 0.15) is 12.4 Å². The molecule has 0 spiro atoms. The second-order valence-corrected chi connectivity index (χ2v) is 6.67. The Morgan fingerprint density at radius 1 is 1.07 bits per heavy atom. The van der Waals surface area contributed by atoms with Crippen LogP contribution >= 0.6 is 0 Å². The second-order valence-electron chi connectivity index (χ2n) is 6.67. The number of carbonyl (C=O) groups excluding carboxylic acids is 1. The summed E-state index contributed by atoms with van der Waals surface area (Å²) in [5.74, 6) is -1.54. The molecule has 28 heavy (non-hydrogen) atoms. The Morgan fingerprint density at radius 3 is 2.46 bits per heavy atom. The Labute approximate surface area is 160 Å². The molecule has 0 atom stereocenters. The summed E-state index contributed by atoms with van der Waals surface area (Å²) in [5.41, 5.74) is 3.68. The standard InChI is InChI=1S/C21H18FN3O3/c22-16-8-6-15(7-9-16)21(28)24-11-10-18-17(12-24)20(14-4-2-1-3-5-14)23-25(18)13-19(26)27/h1-9H,10-13H2,(H,26,27). The molecule has 4 rings (SSSR count). The fourth-order valence-electron chi connectivity index (χ4n) is 3.53. The Morgan fingerprint density at radius 2 is 1.79 bits per heavy atom. The van der Waals surface area contributed by atoms with Crippen LogP contribution in [0.2, 0.25) is 0 Å². The molecule has 0 fully saturated rings. The number of amides is 1. The van der Waals surface area contributed by atoms with Gasteiger partial charge in [0.2, 0.25) is 0 Å². The maximum atomic E-state index is 13.2. The van der Waals surface area contributed by atoms with E-state index < -0.39 is 11.8 Å². The fraction of sp³-hybridized carbons (Fsp3) is 0.190. The molecule has 3 aromatic rings. The van der Waals surface area contributed by atoms with E-state index in [1.54, 1.807) is 4.90 Å². The van der Waals surface area contributed by atoms with E-state index in [0.717, 1.165) is 16.8 Å². The van der Waals surface area contributed by atoms with Crippen LogP contribution in [0.25, 0.3) is 11.3 Å². The van der Waals surface area contributed by atoms with Gasteiger partial charge >= 0.3 is 5.97 Å². The summed E-state index contributed by atoms with van der Waals surface area (Å²) in [5, 5.41) is 13.7. The quantitative estimate of drug-likeness (QED) is 0.756. The van der Waals surface area contributed by atoms with Gasteiger partial charge in [0.15, 0.2) is 0 Å². The van der Waals surface area contributed by atoms with Crippen molar-refractivity contribution in [1.29, 1.82) is 0 Å². The average molecular weight is 379 g/mol. The normalized spacial score (nSPS) is 13.2. The molecule has 1 amide bonds. The average Bonchev–Trinajstić information content (AvgIpc) is 3.06. The van der Waals surface area contributed by atoms with Crippen LogP contribution in [0, 0.1) is 5.82 Å². The predicted molar refractivity (Wildman–Crippen MR) is 100 cm³/mol. The maximum Gasteiger partial charge on any atom is 0.325 e. The number of nitrogens with zero attached hydrogens (tertiary/aromatic N) is 3.